The largest absolute Gasteiger partial charge is 0.312 e. The van der Waals surface area contributed by atoms with Gasteiger partial charge in [-0.2, -0.15) is 0 Å². The highest BCUT2D eigenvalue weighted by Gasteiger charge is 2.25. The Balaban J connectivity index is 2.47. The summed E-state index contributed by atoms with van der Waals surface area (Å²) in [4.78, 5) is 2.24. The van der Waals surface area contributed by atoms with Gasteiger partial charge < -0.3 is 5.32 Å². The van der Waals surface area contributed by atoms with E-state index in [1.807, 2.05) is 0 Å². The molecule has 1 heterocycles. The zero-order chi connectivity index (χ0) is 11.4. The van der Waals surface area contributed by atoms with Crippen molar-refractivity contribution in [1.82, 2.24) is 10.2 Å². The molecule has 0 aromatic rings. The minimum Gasteiger partial charge on any atom is -0.312 e. The molecule has 0 bridgehead atoms. The van der Waals surface area contributed by atoms with Crippen molar-refractivity contribution >= 4 is 0 Å². The Morgan fingerprint density at radius 3 is 2.47 bits per heavy atom. The average Bonchev–Trinajstić information content (AvgIpc) is 2.26. The van der Waals surface area contributed by atoms with Gasteiger partial charge in [0.2, 0.25) is 0 Å². The van der Waals surface area contributed by atoms with Crippen LogP contribution in [0.25, 0.3) is 0 Å². The van der Waals surface area contributed by atoms with Crippen LogP contribution in [-0.2, 0) is 0 Å². The number of hydrogen-bond donors (Lipinski definition) is 1. The first-order valence-electron chi connectivity index (χ1n) is 6.13. The summed E-state index contributed by atoms with van der Waals surface area (Å²) in [6.45, 7) is 10.2. The second kappa shape index (κ2) is 5.80. The summed E-state index contributed by atoms with van der Waals surface area (Å²) < 4.78 is 13.7. The van der Waals surface area contributed by atoms with E-state index in [0.29, 0.717) is 31.1 Å². The van der Waals surface area contributed by atoms with Crippen LogP contribution in [0.5, 0.6) is 0 Å². The molecular formula is C12H25FN2. The van der Waals surface area contributed by atoms with Gasteiger partial charge in [-0.25, -0.2) is 4.39 Å². The number of nitrogens with zero attached hydrogens (tertiary/aromatic N) is 1. The van der Waals surface area contributed by atoms with Gasteiger partial charge in [0, 0.05) is 31.2 Å². The number of nitrogens with one attached hydrogen (secondary N) is 1. The molecule has 0 amide bonds. The van der Waals surface area contributed by atoms with Crippen LogP contribution in [-0.4, -0.2) is 42.3 Å². The van der Waals surface area contributed by atoms with Crippen LogP contribution in [0.3, 0.4) is 0 Å². The fourth-order valence-electron chi connectivity index (χ4n) is 2.26. The molecule has 1 saturated heterocycles. The maximum atomic E-state index is 13.7. The molecule has 0 saturated carbocycles. The van der Waals surface area contributed by atoms with Crippen molar-refractivity contribution in [2.45, 2.75) is 64.8 Å². The molecule has 1 rings (SSSR count). The molecule has 1 fully saturated rings. The standard InChI is InChI=1S/C12H25FN2/c1-9(2)14-12-5-6-15(10(3)4)8-11(13)7-12/h9-12,14H,5-8H2,1-4H3. The van der Waals surface area contributed by atoms with Crippen molar-refractivity contribution in [3.63, 3.8) is 0 Å². The topological polar surface area (TPSA) is 15.3 Å². The van der Waals surface area contributed by atoms with Crippen molar-refractivity contribution in [3.05, 3.63) is 0 Å². The molecule has 0 aromatic carbocycles. The maximum Gasteiger partial charge on any atom is 0.114 e. The smallest absolute Gasteiger partial charge is 0.114 e. The minimum absolute atomic E-state index is 0.351. The Morgan fingerprint density at radius 2 is 1.93 bits per heavy atom. The van der Waals surface area contributed by atoms with Gasteiger partial charge in [-0.3, -0.25) is 4.90 Å². The van der Waals surface area contributed by atoms with Gasteiger partial charge in [0.05, 0.1) is 0 Å². The molecule has 1 N–H and O–H groups in total. The van der Waals surface area contributed by atoms with E-state index in [1.165, 1.54) is 0 Å². The number of alkyl halides is 1. The van der Waals surface area contributed by atoms with Crippen LogP contribution in [0.2, 0.25) is 0 Å². The van der Waals surface area contributed by atoms with E-state index in [9.17, 15) is 4.39 Å². The Labute approximate surface area is 93.2 Å². The molecule has 15 heavy (non-hydrogen) atoms. The Bertz CT molecular complexity index is 182. The molecule has 0 radical (unpaired) electrons. The highest BCUT2D eigenvalue weighted by molar-refractivity contribution is 4.82. The van der Waals surface area contributed by atoms with Crippen molar-refractivity contribution in [3.8, 4) is 0 Å². The third-order valence-electron chi connectivity index (χ3n) is 3.04. The fraction of sp³-hybridized carbons (Fsp3) is 1.00. The Hall–Kier alpha value is -0.150. The lowest BCUT2D eigenvalue weighted by Gasteiger charge is -2.25. The second-order valence-electron chi connectivity index (χ2n) is 5.23. The van der Waals surface area contributed by atoms with Gasteiger partial charge in [-0.1, -0.05) is 13.8 Å². The second-order valence-corrected chi connectivity index (χ2v) is 5.23. The molecule has 2 unspecified atom stereocenters. The molecule has 0 aromatic heterocycles. The SMILES string of the molecule is CC(C)NC1CCN(C(C)C)CC(F)C1. The summed E-state index contributed by atoms with van der Waals surface area (Å²) in [5.41, 5.74) is 0. The van der Waals surface area contributed by atoms with Gasteiger partial charge in [0.15, 0.2) is 0 Å². The van der Waals surface area contributed by atoms with Crippen molar-refractivity contribution in [2.24, 2.45) is 0 Å². The maximum absolute atomic E-state index is 13.7. The molecule has 2 nitrogen and oxygen atoms in total. The van der Waals surface area contributed by atoms with Gasteiger partial charge in [0.25, 0.3) is 0 Å². The summed E-state index contributed by atoms with van der Waals surface area (Å²) in [7, 11) is 0. The Kier molecular flexibility index (Phi) is 5.00. The molecule has 1 aliphatic heterocycles. The third kappa shape index (κ3) is 4.47. The number of likely N-dealkylation sites (tertiary alicyclic amines) is 1. The first kappa shape index (κ1) is 12.9. The molecule has 0 spiro atoms. The predicted molar refractivity (Wildman–Crippen MR) is 62.9 cm³/mol. The lowest BCUT2D eigenvalue weighted by Crippen LogP contribution is -2.36. The molecule has 90 valence electrons. The summed E-state index contributed by atoms with van der Waals surface area (Å²) in [5, 5.41) is 3.44. The first-order valence-corrected chi connectivity index (χ1v) is 6.13. The highest BCUT2D eigenvalue weighted by Crippen LogP contribution is 2.16. The van der Waals surface area contributed by atoms with Crippen molar-refractivity contribution < 1.29 is 4.39 Å². The summed E-state index contributed by atoms with van der Waals surface area (Å²) in [5.74, 6) is 0. The lowest BCUT2D eigenvalue weighted by molar-refractivity contribution is 0.173. The number of halogens is 1. The van der Waals surface area contributed by atoms with Crippen LogP contribution < -0.4 is 5.32 Å². The predicted octanol–water partition coefficient (Wildman–Crippen LogP) is 2.20. The quantitative estimate of drug-likeness (QED) is 0.778. The monoisotopic (exact) mass is 216 g/mol. The van der Waals surface area contributed by atoms with Crippen LogP contribution in [0.15, 0.2) is 0 Å². The van der Waals surface area contributed by atoms with Crippen LogP contribution in [0.4, 0.5) is 4.39 Å². The first-order chi connectivity index (χ1) is 6.99. The Morgan fingerprint density at radius 1 is 1.27 bits per heavy atom. The van der Waals surface area contributed by atoms with Gasteiger partial charge >= 0.3 is 0 Å². The zero-order valence-electron chi connectivity index (χ0n) is 10.5. The summed E-state index contributed by atoms with van der Waals surface area (Å²) in [6, 6.07) is 1.26. The lowest BCUT2D eigenvalue weighted by atomic mass is 10.1. The number of rotatable bonds is 3. The normalized spacial score (nSPS) is 29.8. The van der Waals surface area contributed by atoms with E-state index >= 15 is 0 Å². The molecule has 2 atom stereocenters. The summed E-state index contributed by atoms with van der Waals surface area (Å²) in [6.07, 6.45) is 1.06. The minimum atomic E-state index is -0.675. The highest BCUT2D eigenvalue weighted by atomic mass is 19.1. The van der Waals surface area contributed by atoms with E-state index in [1.54, 1.807) is 0 Å². The molecular weight excluding hydrogens is 191 g/mol. The van der Waals surface area contributed by atoms with E-state index in [0.717, 1.165) is 13.0 Å². The van der Waals surface area contributed by atoms with Crippen LogP contribution >= 0.6 is 0 Å². The van der Waals surface area contributed by atoms with E-state index in [4.69, 9.17) is 0 Å². The van der Waals surface area contributed by atoms with E-state index < -0.39 is 6.17 Å². The van der Waals surface area contributed by atoms with Crippen LogP contribution in [0.1, 0.15) is 40.5 Å². The van der Waals surface area contributed by atoms with Gasteiger partial charge in [-0.15, -0.1) is 0 Å². The molecule has 0 aliphatic carbocycles. The summed E-state index contributed by atoms with van der Waals surface area (Å²) >= 11 is 0. The average molecular weight is 216 g/mol. The van der Waals surface area contributed by atoms with Crippen molar-refractivity contribution in [1.29, 1.82) is 0 Å². The third-order valence-corrected chi connectivity index (χ3v) is 3.04. The van der Waals surface area contributed by atoms with Gasteiger partial charge in [-0.05, 0) is 26.7 Å². The van der Waals surface area contributed by atoms with E-state index in [-0.39, 0.29) is 0 Å². The zero-order valence-corrected chi connectivity index (χ0v) is 10.5. The van der Waals surface area contributed by atoms with Gasteiger partial charge in [0.1, 0.15) is 6.17 Å². The molecule has 1 aliphatic rings. The fourth-order valence-corrected chi connectivity index (χ4v) is 2.26. The van der Waals surface area contributed by atoms with E-state index in [2.05, 4.69) is 37.9 Å². The number of hydrogen-bond acceptors (Lipinski definition) is 2. The molecule has 3 heteroatoms. The van der Waals surface area contributed by atoms with Crippen molar-refractivity contribution in [2.75, 3.05) is 13.1 Å². The van der Waals surface area contributed by atoms with Crippen LogP contribution in [0, 0.1) is 0 Å².